The topological polar surface area (TPSA) is 90.3 Å². The molecule has 4 nitrogen and oxygen atoms in total. The quantitative estimate of drug-likeness (QED) is 0.506. The Morgan fingerprint density at radius 2 is 1.15 bits per heavy atom. The summed E-state index contributed by atoms with van der Waals surface area (Å²) in [6.45, 7) is 4.64. The van der Waals surface area contributed by atoms with E-state index in [9.17, 15) is 15.5 Å². The summed E-state index contributed by atoms with van der Waals surface area (Å²) in [4.78, 5) is 0. The van der Waals surface area contributed by atoms with E-state index in [4.69, 9.17) is 5.73 Å². The Kier molecular flexibility index (Phi) is 9.31. The van der Waals surface area contributed by atoms with Gasteiger partial charge in [-0.2, -0.15) is 5.26 Å². The van der Waals surface area contributed by atoms with Gasteiger partial charge in [0.2, 0.25) is 0 Å². The summed E-state index contributed by atoms with van der Waals surface area (Å²) in [7, 11) is 0. The van der Waals surface area contributed by atoms with Gasteiger partial charge in [-0.05, 0) is 50.7 Å². The number of aryl methyl sites for hydroxylation is 2. The lowest BCUT2D eigenvalue weighted by molar-refractivity contribution is -0.0194. The number of nitrogens with zero attached hydrogens (tertiary/aromatic N) is 1. The molecule has 34 heavy (non-hydrogen) atoms. The molecule has 0 aromatic heterocycles. The van der Waals surface area contributed by atoms with Gasteiger partial charge in [0.05, 0.1) is 23.2 Å². The minimum atomic E-state index is -0.817. The van der Waals surface area contributed by atoms with Crippen LogP contribution in [-0.2, 0) is 0 Å². The van der Waals surface area contributed by atoms with Gasteiger partial charge in [-0.1, -0.05) is 98.2 Å². The Morgan fingerprint density at radius 3 is 1.56 bits per heavy atom. The van der Waals surface area contributed by atoms with Crippen LogP contribution in [0.2, 0.25) is 0 Å². The van der Waals surface area contributed by atoms with E-state index in [0.717, 1.165) is 56.9 Å². The Hall–Kier alpha value is -2.19. The molecule has 2 unspecified atom stereocenters. The number of hydrogen-bond donors (Lipinski definition) is 3. The molecule has 2 saturated carbocycles. The van der Waals surface area contributed by atoms with E-state index in [-0.39, 0.29) is 11.8 Å². The maximum Gasteiger partial charge on any atom is 0.0999 e. The van der Waals surface area contributed by atoms with Crippen LogP contribution in [0, 0.1) is 25.2 Å². The van der Waals surface area contributed by atoms with Crippen LogP contribution in [0.4, 0.5) is 0 Å². The van der Waals surface area contributed by atoms with Crippen molar-refractivity contribution in [3.05, 3.63) is 70.8 Å². The van der Waals surface area contributed by atoms with E-state index in [1.807, 2.05) is 31.2 Å². The molecule has 4 N–H and O–H groups in total. The van der Waals surface area contributed by atoms with Crippen LogP contribution < -0.4 is 5.73 Å². The fourth-order valence-corrected chi connectivity index (χ4v) is 5.69. The zero-order valence-corrected chi connectivity index (χ0v) is 21.0. The zero-order valence-electron chi connectivity index (χ0n) is 21.0. The highest BCUT2D eigenvalue weighted by Gasteiger charge is 2.39. The van der Waals surface area contributed by atoms with Gasteiger partial charge >= 0.3 is 0 Å². The second-order valence-corrected chi connectivity index (χ2v) is 10.5. The average Bonchev–Trinajstić information content (AvgIpc) is 2.83. The van der Waals surface area contributed by atoms with Crippen molar-refractivity contribution in [3.63, 3.8) is 0 Å². The van der Waals surface area contributed by atoms with Gasteiger partial charge in [0.15, 0.2) is 0 Å². The predicted octanol–water partition coefficient (Wildman–Crippen LogP) is 6.03. The molecule has 2 aromatic rings. The van der Waals surface area contributed by atoms with Crippen molar-refractivity contribution in [2.24, 2.45) is 5.73 Å². The van der Waals surface area contributed by atoms with E-state index in [1.54, 1.807) is 0 Å². The molecule has 0 spiro atoms. The summed E-state index contributed by atoms with van der Waals surface area (Å²) < 4.78 is 0. The highest BCUT2D eigenvalue weighted by Crippen LogP contribution is 2.40. The third kappa shape index (κ3) is 6.48. The van der Waals surface area contributed by atoms with Crippen LogP contribution in [0.15, 0.2) is 48.5 Å². The molecule has 2 atom stereocenters. The van der Waals surface area contributed by atoms with Crippen molar-refractivity contribution in [3.8, 4) is 6.07 Å². The number of aliphatic hydroxyl groups is 2. The van der Waals surface area contributed by atoms with E-state index in [2.05, 4.69) is 37.3 Å². The molecular weight excluding hydrogens is 420 g/mol. The van der Waals surface area contributed by atoms with Gasteiger partial charge in [0.1, 0.15) is 0 Å². The molecule has 4 rings (SSSR count). The van der Waals surface area contributed by atoms with Gasteiger partial charge in [-0.15, -0.1) is 0 Å². The average molecular weight is 463 g/mol. The minimum absolute atomic E-state index is 0.0865. The van der Waals surface area contributed by atoms with Gasteiger partial charge < -0.3 is 15.9 Å². The van der Waals surface area contributed by atoms with Crippen LogP contribution >= 0.6 is 0 Å². The standard InChI is InChI=1S/C15H23NO.C15H19NO/c2*1-12-5-7-13(8-6-12)14(11-16)15(17)9-3-2-4-10-15/h5-8,14,17H,2-4,9-11,16H2,1H3;5-8,14,17H,2-4,9-10H2,1H3. The van der Waals surface area contributed by atoms with Crippen molar-refractivity contribution >= 4 is 0 Å². The molecular formula is C30H42N2O2. The molecule has 0 heterocycles. The maximum atomic E-state index is 10.8. The molecule has 0 bridgehead atoms. The zero-order chi connectivity index (χ0) is 24.6. The van der Waals surface area contributed by atoms with Crippen LogP contribution in [0.1, 0.15) is 98.3 Å². The number of nitrogens with two attached hydrogens (primary N) is 1. The lowest BCUT2D eigenvalue weighted by Gasteiger charge is -2.39. The fourth-order valence-electron chi connectivity index (χ4n) is 5.69. The predicted molar refractivity (Wildman–Crippen MR) is 139 cm³/mol. The van der Waals surface area contributed by atoms with E-state index in [1.165, 1.54) is 29.5 Å². The molecule has 0 saturated heterocycles. The first-order valence-electron chi connectivity index (χ1n) is 13.0. The number of benzene rings is 2. The van der Waals surface area contributed by atoms with E-state index < -0.39 is 11.2 Å². The molecule has 4 heteroatoms. The van der Waals surface area contributed by atoms with Gasteiger partial charge in [0, 0.05) is 12.5 Å². The highest BCUT2D eigenvalue weighted by atomic mass is 16.3. The molecule has 0 radical (unpaired) electrons. The number of rotatable bonds is 5. The second kappa shape index (κ2) is 12.0. The molecule has 2 fully saturated rings. The first kappa shape index (κ1) is 26.4. The first-order valence-corrected chi connectivity index (χ1v) is 13.0. The van der Waals surface area contributed by atoms with Crippen molar-refractivity contribution in [2.45, 2.75) is 101 Å². The Balaban J connectivity index is 0.000000191. The summed E-state index contributed by atoms with van der Waals surface area (Å²) in [5.41, 5.74) is 9.06. The molecule has 0 aliphatic heterocycles. The van der Waals surface area contributed by atoms with Crippen molar-refractivity contribution in [1.29, 1.82) is 5.26 Å². The molecule has 0 amide bonds. The second-order valence-electron chi connectivity index (χ2n) is 10.5. The summed E-state index contributed by atoms with van der Waals surface area (Å²) in [6.07, 6.45) is 10.0. The van der Waals surface area contributed by atoms with Gasteiger partial charge in [0.25, 0.3) is 0 Å². The summed E-state index contributed by atoms with van der Waals surface area (Å²) in [5, 5.41) is 30.8. The van der Waals surface area contributed by atoms with E-state index >= 15 is 0 Å². The lowest BCUT2D eigenvalue weighted by atomic mass is 9.73. The largest absolute Gasteiger partial charge is 0.389 e. The number of nitriles is 1. The molecule has 2 aliphatic carbocycles. The molecule has 2 aliphatic rings. The van der Waals surface area contributed by atoms with Crippen LogP contribution in [0.5, 0.6) is 0 Å². The normalized spacial score (nSPS) is 20.8. The first-order chi connectivity index (χ1) is 16.3. The molecule has 184 valence electrons. The monoisotopic (exact) mass is 462 g/mol. The third-order valence-corrected chi connectivity index (χ3v) is 7.88. The summed E-state index contributed by atoms with van der Waals surface area (Å²) in [6, 6.07) is 18.7. The summed E-state index contributed by atoms with van der Waals surface area (Å²) >= 11 is 0. The van der Waals surface area contributed by atoms with Gasteiger partial charge in [-0.25, -0.2) is 0 Å². The maximum absolute atomic E-state index is 10.8. The van der Waals surface area contributed by atoms with E-state index in [0.29, 0.717) is 6.54 Å². The summed E-state index contributed by atoms with van der Waals surface area (Å²) in [5.74, 6) is -0.299. The van der Waals surface area contributed by atoms with Crippen molar-refractivity contribution < 1.29 is 10.2 Å². The van der Waals surface area contributed by atoms with Gasteiger partial charge in [-0.3, -0.25) is 0 Å². The van der Waals surface area contributed by atoms with Crippen LogP contribution in [0.3, 0.4) is 0 Å². The minimum Gasteiger partial charge on any atom is -0.389 e. The Bertz CT molecular complexity index is 918. The fraction of sp³-hybridized carbons (Fsp3) is 0.567. The van der Waals surface area contributed by atoms with Crippen LogP contribution in [-0.4, -0.2) is 28.0 Å². The smallest absolute Gasteiger partial charge is 0.0999 e. The van der Waals surface area contributed by atoms with Crippen molar-refractivity contribution in [2.75, 3.05) is 6.54 Å². The highest BCUT2D eigenvalue weighted by molar-refractivity contribution is 5.32. The SMILES string of the molecule is Cc1ccc(C(C#N)C2(O)CCCCC2)cc1.Cc1ccc(C(CN)C2(O)CCCCC2)cc1. The van der Waals surface area contributed by atoms with Crippen molar-refractivity contribution in [1.82, 2.24) is 0 Å². The Morgan fingerprint density at radius 1 is 0.735 bits per heavy atom. The Labute approximate surface area is 205 Å². The lowest BCUT2D eigenvalue weighted by Crippen LogP contribution is -2.41. The third-order valence-electron chi connectivity index (χ3n) is 7.88. The molecule has 2 aromatic carbocycles. The van der Waals surface area contributed by atoms with Crippen LogP contribution in [0.25, 0.3) is 0 Å². The number of hydrogen-bond acceptors (Lipinski definition) is 4.